The van der Waals surface area contributed by atoms with Gasteiger partial charge in [0.2, 0.25) is 0 Å². The zero-order valence-corrected chi connectivity index (χ0v) is 7.97. The van der Waals surface area contributed by atoms with Gasteiger partial charge in [0.05, 0.1) is 4.90 Å². The molecule has 0 amide bonds. The molecule has 0 radical (unpaired) electrons. The summed E-state index contributed by atoms with van der Waals surface area (Å²) in [5.74, 6) is 0.397. The molecule has 13 heavy (non-hydrogen) atoms. The molecule has 4 heteroatoms. The van der Waals surface area contributed by atoms with E-state index in [4.69, 9.17) is 4.55 Å². The van der Waals surface area contributed by atoms with Crippen molar-refractivity contribution in [3.05, 3.63) is 29.8 Å². The van der Waals surface area contributed by atoms with Gasteiger partial charge in [-0.25, -0.2) is 4.21 Å². The van der Waals surface area contributed by atoms with E-state index in [0.29, 0.717) is 10.8 Å². The van der Waals surface area contributed by atoms with E-state index in [1.807, 2.05) is 6.07 Å². The Bertz CT molecular complexity index is 299. The van der Waals surface area contributed by atoms with E-state index in [-0.39, 0.29) is 37.7 Å². The van der Waals surface area contributed by atoms with Crippen molar-refractivity contribution < 1.29 is 8.76 Å². The van der Waals surface area contributed by atoms with Gasteiger partial charge < -0.3 is 4.55 Å². The third-order valence-corrected chi connectivity index (χ3v) is 2.38. The van der Waals surface area contributed by atoms with Gasteiger partial charge in [-0.3, -0.25) is 0 Å². The van der Waals surface area contributed by atoms with Crippen LogP contribution < -0.4 is 0 Å². The van der Waals surface area contributed by atoms with Crippen LogP contribution in [0.4, 0.5) is 0 Å². The molecule has 0 aromatic heterocycles. The van der Waals surface area contributed by atoms with Crippen molar-refractivity contribution in [1.29, 1.82) is 0 Å². The molecule has 1 unspecified atom stereocenters. The molecule has 1 aromatic rings. The van der Waals surface area contributed by atoms with E-state index >= 15 is 0 Å². The fraction of sp³-hybridized carbons (Fsp3) is 0.333. The molecule has 0 heterocycles. The van der Waals surface area contributed by atoms with Crippen molar-refractivity contribution >= 4 is 48.8 Å². The molecule has 0 aliphatic rings. The summed E-state index contributed by atoms with van der Waals surface area (Å²) in [6, 6.07) is 7.18. The van der Waals surface area contributed by atoms with E-state index in [1.165, 1.54) is 0 Å². The fourth-order valence-electron chi connectivity index (χ4n) is 0.982. The van der Waals surface area contributed by atoms with Crippen molar-refractivity contribution in [2.75, 3.05) is 0 Å². The first-order valence-electron chi connectivity index (χ1n) is 3.82. The van der Waals surface area contributed by atoms with Crippen molar-refractivity contribution in [2.24, 2.45) is 0 Å². The van der Waals surface area contributed by atoms with Crippen LogP contribution >= 0.6 is 0 Å². The second-order valence-electron chi connectivity index (χ2n) is 2.98. The van der Waals surface area contributed by atoms with Gasteiger partial charge >= 0.3 is 37.7 Å². The molecule has 0 saturated carbocycles. The maximum absolute atomic E-state index is 10.7. The first-order chi connectivity index (χ1) is 5.61. The first kappa shape index (κ1) is 13.6. The molecule has 70 valence electrons. The number of hydrogen-bond donors (Lipinski definition) is 1. The van der Waals surface area contributed by atoms with Crippen molar-refractivity contribution in [3.8, 4) is 0 Å². The van der Waals surface area contributed by atoms with Crippen LogP contribution in [0.15, 0.2) is 29.2 Å². The Balaban J connectivity index is 0.00000144. The molecular weight excluding hydrogens is 212 g/mol. The van der Waals surface area contributed by atoms with Gasteiger partial charge in [0.25, 0.3) is 0 Å². The zero-order chi connectivity index (χ0) is 9.14. The van der Waals surface area contributed by atoms with E-state index in [0.717, 1.165) is 5.56 Å². The van der Waals surface area contributed by atoms with Crippen LogP contribution in [0.2, 0.25) is 0 Å². The van der Waals surface area contributed by atoms with Crippen LogP contribution in [0.3, 0.4) is 0 Å². The van der Waals surface area contributed by atoms with Crippen LogP contribution in [0, 0.1) is 0 Å². The normalized spacial score (nSPS) is 12.3. The molecule has 0 spiro atoms. The van der Waals surface area contributed by atoms with Crippen LogP contribution in [-0.2, 0) is 11.1 Å². The molecule has 0 fully saturated rings. The summed E-state index contributed by atoms with van der Waals surface area (Å²) in [6.45, 7) is 4.11. The predicted molar refractivity (Wildman–Crippen MR) is 58.1 cm³/mol. The fourth-order valence-corrected chi connectivity index (χ4v) is 1.41. The SMILES string of the molecule is CC(C)c1cccc(S(=O)O)c1.[CaH2]. The minimum absolute atomic E-state index is 0. The average molecular weight is 226 g/mol. The zero-order valence-electron chi connectivity index (χ0n) is 7.15. The molecule has 1 atom stereocenters. The summed E-state index contributed by atoms with van der Waals surface area (Å²) in [5, 5.41) is 0. The molecule has 0 saturated heterocycles. The molecule has 0 bridgehead atoms. The van der Waals surface area contributed by atoms with Crippen molar-refractivity contribution in [2.45, 2.75) is 24.7 Å². The molecule has 1 aromatic carbocycles. The average Bonchev–Trinajstić information content (AvgIpc) is 2.04. The van der Waals surface area contributed by atoms with Gasteiger partial charge in [-0.1, -0.05) is 26.0 Å². The third kappa shape index (κ3) is 4.09. The van der Waals surface area contributed by atoms with E-state index in [2.05, 4.69) is 13.8 Å². The van der Waals surface area contributed by atoms with Crippen molar-refractivity contribution in [1.82, 2.24) is 0 Å². The van der Waals surface area contributed by atoms with Crippen LogP contribution in [0.1, 0.15) is 25.3 Å². The summed E-state index contributed by atoms with van der Waals surface area (Å²) >= 11 is -1.86. The number of rotatable bonds is 2. The molecule has 0 aliphatic heterocycles. The molecule has 1 rings (SSSR count). The van der Waals surface area contributed by atoms with Gasteiger partial charge in [-0.05, 0) is 23.6 Å². The first-order valence-corrected chi connectivity index (χ1v) is 4.92. The number of benzene rings is 1. The predicted octanol–water partition coefficient (Wildman–Crippen LogP) is 1.47. The Morgan fingerprint density at radius 3 is 2.46 bits per heavy atom. The Hall–Kier alpha value is 0.590. The van der Waals surface area contributed by atoms with Crippen LogP contribution in [0.5, 0.6) is 0 Å². The topological polar surface area (TPSA) is 37.3 Å². The second-order valence-corrected chi connectivity index (χ2v) is 3.95. The van der Waals surface area contributed by atoms with Gasteiger partial charge in [-0.2, -0.15) is 0 Å². The summed E-state index contributed by atoms with van der Waals surface area (Å²) in [7, 11) is 0. The Morgan fingerprint density at radius 2 is 2.00 bits per heavy atom. The Morgan fingerprint density at radius 1 is 1.38 bits per heavy atom. The molecule has 2 nitrogen and oxygen atoms in total. The van der Waals surface area contributed by atoms with Gasteiger partial charge in [0.1, 0.15) is 0 Å². The standard InChI is InChI=1S/C9H12O2S.Ca.2H/c1-7(2)8-4-3-5-9(6-8)12(10)11;;;/h3-7H,1-2H3,(H,10,11);;;. The Labute approximate surface area is 111 Å². The van der Waals surface area contributed by atoms with Crippen LogP contribution in [0.25, 0.3) is 0 Å². The molecule has 1 N–H and O–H groups in total. The summed E-state index contributed by atoms with van der Waals surface area (Å²) in [5.41, 5.74) is 1.09. The monoisotopic (exact) mass is 226 g/mol. The van der Waals surface area contributed by atoms with Crippen molar-refractivity contribution in [3.63, 3.8) is 0 Å². The maximum atomic E-state index is 10.7. The van der Waals surface area contributed by atoms with E-state index < -0.39 is 11.1 Å². The Kier molecular flexibility index (Phi) is 6.42. The third-order valence-electron chi connectivity index (χ3n) is 1.73. The molecular formula is C9H14CaO2S. The number of hydrogen-bond acceptors (Lipinski definition) is 1. The molecule has 0 aliphatic carbocycles. The van der Waals surface area contributed by atoms with E-state index in [9.17, 15) is 4.21 Å². The van der Waals surface area contributed by atoms with Gasteiger partial charge in [0, 0.05) is 0 Å². The van der Waals surface area contributed by atoms with E-state index in [1.54, 1.807) is 18.2 Å². The summed E-state index contributed by atoms with van der Waals surface area (Å²) < 4.78 is 19.5. The minimum atomic E-state index is -1.86. The van der Waals surface area contributed by atoms with Gasteiger partial charge in [0.15, 0.2) is 11.1 Å². The quantitative estimate of drug-likeness (QED) is 0.612. The second kappa shape index (κ2) is 6.14. The van der Waals surface area contributed by atoms with Gasteiger partial charge in [-0.15, -0.1) is 0 Å². The summed E-state index contributed by atoms with van der Waals surface area (Å²) in [4.78, 5) is 0.473. The summed E-state index contributed by atoms with van der Waals surface area (Å²) in [6.07, 6.45) is 0. The van der Waals surface area contributed by atoms with Crippen LogP contribution in [-0.4, -0.2) is 46.5 Å².